The third-order valence-corrected chi connectivity index (χ3v) is 6.12. The molecule has 6 nitrogen and oxygen atoms in total. The zero-order chi connectivity index (χ0) is 22.2. The lowest BCUT2D eigenvalue weighted by molar-refractivity contribution is -0.141. The predicted octanol–water partition coefficient (Wildman–Crippen LogP) is 2.82. The maximum absolute atomic E-state index is 13.1. The minimum absolute atomic E-state index is 0.0234. The summed E-state index contributed by atoms with van der Waals surface area (Å²) in [5.41, 5.74) is 0.497. The van der Waals surface area contributed by atoms with Gasteiger partial charge in [-0.1, -0.05) is 23.7 Å². The lowest BCUT2D eigenvalue weighted by atomic mass is 10.1. The van der Waals surface area contributed by atoms with Crippen LogP contribution in [-0.4, -0.2) is 76.3 Å². The second-order valence-electron chi connectivity index (χ2n) is 8.17. The molecular weight excluding hydrogens is 431 g/mol. The molecule has 1 N–H and O–H groups in total. The van der Waals surface area contributed by atoms with Crippen molar-refractivity contribution in [3.63, 3.8) is 0 Å². The van der Waals surface area contributed by atoms with Crippen molar-refractivity contribution in [2.24, 2.45) is 0 Å². The summed E-state index contributed by atoms with van der Waals surface area (Å²) in [5.74, 6) is 0.0234. The van der Waals surface area contributed by atoms with Crippen LogP contribution < -0.4 is 4.90 Å². The zero-order valence-corrected chi connectivity index (χ0v) is 17.9. The van der Waals surface area contributed by atoms with Crippen LogP contribution in [0.3, 0.4) is 0 Å². The average molecular weight is 456 g/mol. The number of hydrogen-bond acceptors (Lipinski definition) is 6. The quantitative estimate of drug-likeness (QED) is 0.765. The number of alkyl halides is 3. The summed E-state index contributed by atoms with van der Waals surface area (Å²) >= 11 is 5.94. The zero-order valence-electron chi connectivity index (χ0n) is 17.2. The van der Waals surface area contributed by atoms with Gasteiger partial charge in [0.05, 0.1) is 12.1 Å². The number of anilines is 1. The van der Waals surface area contributed by atoms with Crippen LogP contribution in [0, 0.1) is 6.92 Å². The van der Waals surface area contributed by atoms with E-state index >= 15 is 0 Å². The highest BCUT2D eigenvalue weighted by Crippen LogP contribution is 2.30. The summed E-state index contributed by atoms with van der Waals surface area (Å²) in [4.78, 5) is 14.1. The fourth-order valence-electron chi connectivity index (χ4n) is 4.23. The average Bonchev–Trinajstić information content (AvgIpc) is 3.11. The van der Waals surface area contributed by atoms with Gasteiger partial charge in [0.2, 0.25) is 5.95 Å². The smallest absolute Gasteiger partial charge is 0.390 e. The Labute approximate surface area is 184 Å². The number of aromatic nitrogens is 2. The molecule has 2 aliphatic rings. The van der Waals surface area contributed by atoms with Crippen LogP contribution in [0.15, 0.2) is 30.3 Å². The first-order chi connectivity index (χ1) is 14.7. The summed E-state index contributed by atoms with van der Waals surface area (Å²) in [6, 6.07) is 8.58. The second-order valence-corrected chi connectivity index (χ2v) is 8.61. The molecule has 3 heterocycles. The maximum atomic E-state index is 13.1. The Hall–Kier alpha value is -1.94. The highest BCUT2D eigenvalue weighted by atomic mass is 35.5. The van der Waals surface area contributed by atoms with Crippen LogP contribution in [-0.2, 0) is 12.7 Å². The van der Waals surface area contributed by atoms with Crippen LogP contribution in [0.2, 0.25) is 5.02 Å². The number of β-amino-alcohol motifs (C(OH)–C–C–N with tert-alkyl or cyclic N) is 1. The fourth-order valence-corrected chi connectivity index (χ4v) is 4.36. The molecular formula is C21H25ClF3N5O. The second kappa shape index (κ2) is 8.90. The number of aryl methyl sites for hydroxylation is 1. The monoisotopic (exact) mass is 455 g/mol. The predicted molar refractivity (Wildman–Crippen MR) is 112 cm³/mol. The van der Waals surface area contributed by atoms with Gasteiger partial charge in [0, 0.05) is 56.5 Å². The summed E-state index contributed by atoms with van der Waals surface area (Å²) < 4.78 is 39.3. The van der Waals surface area contributed by atoms with Gasteiger partial charge in [-0.05, 0) is 30.7 Å². The van der Waals surface area contributed by atoms with E-state index in [2.05, 4.69) is 19.8 Å². The minimum Gasteiger partial charge on any atom is -0.390 e. The maximum Gasteiger partial charge on any atom is 0.433 e. The number of piperazine rings is 1. The molecule has 0 spiro atoms. The summed E-state index contributed by atoms with van der Waals surface area (Å²) in [7, 11) is 0. The molecule has 10 heteroatoms. The molecule has 0 aliphatic carbocycles. The molecule has 2 fully saturated rings. The lowest BCUT2D eigenvalue weighted by Gasteiger charge is -2.38. The Kier molecular flexibility index (Phi) is 6.39. The highest BCUT2D eigenvalue weighted by molar-refractivity contribution is 6.30. The summed E-state index contributed by atoms with van der Waals surface area (Å²) in [6.07, 6.45) is -5.19. The molecule has 0 bridgehead atoms. The number of aliphatic hydroxyl groups excluding tert-OH is 1. The van der Waals surface area contributed by atoms with Gasteiger partial charge in [-0.15, -0.1) is 0 Å². The summed E-state index contributed by atoms with van der Waals surface area (Å²) in [6.45, 7) is 6.24. The Morgan fingerprint density at radius 1 is 1.06 bits per heavy atom. The van der Waals surface area contributed by atoms with E-state index in [9.17, 15) is 18.3 Å². The van der Waals surface area contributed by atoms with E-state index < -0.39 is 18.0 Å². The third kappa shape index (κ3) is 5.28. The number of aliphatic hydroxyl groups is 1. The van der Waals surface area contributed by atoms with Gasteiger partial charge in [0.1, 0.15) is 5.69 Å². The molecule has 168 valence electrons. The van der Waals surface area contributed by atoms with E-state index in [0.717, 1.165) is 38.8 Å². The molecule has 0 unspecified atom stereocenters. The Morgan fingerprint density at radius 2 is 1.74 bits per heavy atom. The molecule has 31 heavy (non-hydrogen) atoms. The van der Waals surface area contributed by atoms with E-state index in [4.69, 9.17) is 11.6 Å². The molecule has 1 aromatic heterocycles. The van der Waals surface area contributed by atoms with E-state index in [1.165, 1.54) is 12.5 Å². The van der Waals surface area contributed by atoms with Crippen molar-refractivity contribution < 1.29 is 18.3 Å². The van der Waals surface area contributed by atoms with Crippen LogP contribution in [0.4, 0.5) is 19.1 Å². The van der Waals surface area contributed by atoms with Crippen molar-refractivity contribution in [3.05, 3.63) is 52.3 Å². The Morgan fingerprint density at radius 3 is 2.39 bits per heavy atom. The molecule has 0 amide bonds. The Balaban J connectivity index is 1.37. The molecule has 2 aliphatic heterocycles. The van der Waals surface area contributed by atoms with Crippen molar-refractivity contribution in [3.8, 4) is 0 Å². The third-order valence-electron chi connectivity index (χ3n) is 5.87. The first kappa shape index (κ1) is 22.3. The van der Waals surface area contributed by atoms with Crippen molar-refractivity contribution in [2.45, 2.75) is 31.8 Å². The lowest BCUT2D eigenvalue weighted by Crippen LogP contribution is -2.53. The van der Waals surface area contributed by atoms with Crippen molar-refractivity contribution >= 4 is 17.5 Å². The van der Waals surface area contributed by atoms with Crippen molar-refractivity contribution in [1.29, 1.82) is 0 Å². The number of halogens is 4. The standard InChI is InChI=1S/C21H25ClF3N5O/c1-14-10-19(21(23,24)25)27-20(26-14)30-12-17(18(31)13-30)29-8-6-28(7-9-29)11-15-2-4-16(22)5-3-15/h2-5,10,17-18,31H,6-9,11-13H2,1H3/t17-,18-/m1/s1. The van der Waals surface area contributed by atoms with Gasteiger partial charge < -0.3 is 10.0 Å². The fraction of sp³-hybridized carbons (Fsp3) is 0.524. The molecule has 0 radical (unpaired) electrons. The molecule has 2 aromatic rings. The van der Waals surface area contributed by atoms with Gasteiger partial charge in [-0.3, -0.25) is 9.80 Å². The Bertz CT molecular complexity index is 903. The molecule has 0 saturated carbocycles. The molecule has 1 aromatic carbocycles. The number of rotatable bonds is 4. The van der Waals surface area contributed by atoms with E-state index in [1.54, 1.807) is 4.90 Å². The van der Waals surface area contributed by atoms with Gasteiger partial charge in [-0.2, -0.15) is 13.2 Å². The minimum atomic E-state index is -4.53. The van der Waals surface area contributed by atoms with Crippen LogP contribution in [0.5, 0.6) is 0 Å². The van der Waals surface area contributed by atoms with Crippen LogP contribution in [0.25, 0.3) is 0 Å². The van der Waals surface area contributed by atoms with Crippen molar-refractivity contribution in [1.82, 2.24) is 19.8 Å². The summed E-state index contributed by atoms with van der Waals surface area (Å²) in [5, 5.41) is 11.3. The van der Waals surface area contributed by atoms with Gasteiger partial charge in [-0.25, -0.2) is 9.97 Å². The first-order valence-electron chi connectivity index (χ1n) is 10.3. The normalized spacial score (nSPS) is 23.5. The molecule has 2 saturated heterocycles. The van der Waals surface area contributed by atoms with E-state index in [1.807, 2.05) is 24.3 Å². The highest BCUT2D eigenvalue weighted by Gasteiger charge is 2.39. The number of nitrogens with zero attached hydrogens (tertiary/aromatic N) is 5. The molecule has 4 rings (SSSR count). The number of hydrogen-bond donors (Lipinski definition) is 1. The van der Waals surface area contributed by atoms with Gasteiger partial charge in [0.25, 0.3) is 0 Å². The van der Waals surface area contributed by atoms with Gasteiger partial charge >= 0.3 is 6.18 Å². The topological polar surface area (TPSA) is 55.7 Å². The molecule has 2 atom stereocenters. The first-order valence-corrected chi connectivity index (χ1v) is 10.6. The van der Waals surface area contributed by atoms with Crippen molar-refractivity contribution in [2.75, 3.05) is 44.2 Å². The van der Waals surface area contributed by atoms with Gasteiger partial charge in [0.15, 0.2) is 0 Å². The van der Waals surface area contributed by atoms with Crippen LogP contribution >= 0.6 is 11.6 Å². The van der Waals surface area contributed by atoms with Crippen LogP contribution in [0.1, 0.15) is 17.0 Å². The SMILES string of the molecule is Cc1cc(C(F)(F)F)nc(N2C[C@@H](O)[C@H](N3CCN(Cc4ccc(Cl)cc4)CC3)C2)n1. The number of benzene rings is 1. The van der Waals surface area contributed by atoms with E-state index in [0.29, 0.717) is 11.6 Å². The largest absolute Gasteiger partial charge is 0.433 e. The van der Waals surface area contributed by atoms with E-state index in [-0.39, 0.29) is 24.2 Å².